The standard InChI is InChI=1S/C17H23BrN4O2S/c1-13-17(14(2)20(3)19-13)12-21-8-10-22(11-9-21)25(23,24)16-6-4-15(18)5-7-16/h4-7H,8-12H2,1-3H3. The topological polar surface area (TPSA) is 58.4 Å². The second-order valence-corrected chi connectivity index (χ2v) is 9.26. The van der Waals surface area contributed by atoms with Crippen molar-refractivity contribution in [1.29, 1.82) is 0 Å². The van der Waals surface area contributed by atoms with E-state index in [1.54, 1.807) is 28.6 Å². The number of rotatable bonds is 4. The molecule has 0 bridgehead atoms. The highest BCUT2D eigenvalue weighted by molar-refractivity contribution is 9.10. The normalized spacial score (nSPS) is 17.1. The summed E-state index contributed by atoms with van der Waals surface area (Å²) in [6, 6.07) is 6.82. The monoisotopic (exact) mass is 426 g/mol. The highest BCUT2D eigenvalue weighted by Gasteiger charge is 2.29. The summed E-state index contributed by atoms with van der Waals surface area (Å²) < 4.78 is 29.9. The molecule has 1 aliphatic rings. The van der Waals surface area contributed by atoms with Crippen LogP contribution in [-0.4, -0.2) is 53.6 Å². The van der Waals surface area contributed by atoms with Crippen LogP contribution in [0.1, 0.15) is 17.0 Å². The van der Waals surface area contributed by atoms with E-state index in [0.717, 1.165) is 29.8 Å². The lowest BCUT2D eigenvalue weighted by Crippen LogP contribution is -2.48. The van der Waals surface area contributed by atoms with Crippen molar-refractivity contribution in [3.63, 3.8) is 0 Å². The molecule has 136 valence electrons. The highest BCUT2D eigenvalue weighted by Crippen LogP contribution is 2.21. The van der Waals surface area contributed by atoms with E-state index in [1.165, 1.54) is 11.3 Å². The Labute approximate surface area is 157 Å². The fourth-order valence-electron chi connectivity index (χ4n) is 3.15. The number of hydrogen-bond donors (Lipinski definition) is 0. The smallest absolute Gasteiger partial charge is 0.243 e. The predicted molar refractivity (Wildman–Crippen MR) is 101 cm³/mol. The van der Waals surface area contributed by atoms with Crippen LogP contribution in [0.15, 0.2) is 33.6 Å². The molecule has 0 atom stereocenters. The molecular weight excluding hydrogens is 404 g/mol. The molecule has 1 aromatic heterocycles. The lowest BCUT2D eigenvalue weighted by Gasteiger charge is -2.34. The number of aromatic nitrogens is 2. The van der Waals surface area contributed by atoms with Crippen molar-refractivity contribution >= 4 is 26.0 Å². The zero-order chi connectivity index (χ0) is 18.2. The van der Waals surface area contributed by atoms with E-state index >= 15 is 0 Å². The van der Waals surface area contributed by atoms with Gasteiger partial charge in [-0.2, -0.15) is 9.40 Å². The number of aryl methyl sites for hydroxylation is 2. The molecular formula is C17H23BrN4O2S. The molecule has 3 rings (SSSR count). The molecule has 1 aromatic carbocycles. The van der Waals surface area contributed by atoms with Gasteiger partial charge >= 0.3 is 0 Å². The third-order valence-electron chi connectivity index (χ3n) is 4.82. The fraction of sp³-hybridized carbons (Fsp3) is 0.471. The van der Waals surface area contributed by atoms with Crippen LogP contribution in [0, 0.1) is 13.8 Å². The van der Waals surface area contributed by atoms with Gasteiger partial charge in [-0.3, -0.25) is 9.58 Å². The van der Waals surface area contributed by atoms with E-state index in [9.17, 15) is 8.42 Å². The van der Waals surface area contributed by atoms with Crippen LogP contribution in [0.5, 0.6) is 0 Å². The van der Waals surface area contributed by atoms with Crippen molar-refractivity contribution in [2.45, 2.75) is 25.3 Å². The second kappa shape index (κ2) is 7.19. The molecule has 0 spiro atoms. The van der Waals surface area contributed by atoms with Crippen LogP contribution in [0.2, 0.25) is 0 Å². The lowest BCUT2D eigenvalue weighted by atomic mass is 10.1. The maximum atomic E-state index is 12.8. The van der Waals surface area contributed by atoms with Crippen molar-refractivity contribution < 1.29 is 8.42 Å². The van der Waals surface area contributed by atoms with Crippen LogP contribution in [0.25, 0.3) is 0 Å². The number of nitrogens with zero attached hydrogens (tertiary/aromatic N) is 4. The maximum Gasteiger partial charge on any atom is 0.243 e. The Kier molecular flexibility index (Phi) is 5.34. The van der Waals surface area contributed by atoms with Crippen molar-refractivity contribution in [3.8, 4) is 0 Å². The predicted octanol–water partition coefficient (Wildman–Crippen LogP) is 2.31. The molecule has 0 saturated carbocycles. The van der Waals surface area contributed by atoms with E-state index in [4.69, 9.17) is 0 Å². The number of benzene rings is 1. The van der Waals surface area contributed by atoms with E-state index in [0.29, 0.717) is 18.0 Å². The van der Waals surface area contributed by atoms with Crippen LogP contribution in [0.3, 0.4) is 0 Å². The van der Waals surface area contributed by atoms with Gasteiger partial charge in [0.05, 0.1) is 10.6 Å². The molecule has 6 nitrogen and oxygen atoms in total. The van der Waals surface area contributed by atoms with Gasteiger partial charge in [0.1, 0.15) is 0 Å². The van der Waals surface area contributed by atoms with Gasteiger partial charge in [0.15, 0.2) is 0 Å². The number of sulfonamides is 1. The zero-order valence-corrected chi connectivity index (χ0v) is 17.1. The fourth-order valence-corrected chi connectivity index (χ4v) is 4.84. The molecule has 0 N–H and O–H groups in total. The molecule has 0 unspecified atom stereocenters. The Balaban J connectivity index is 1.66. The quantitative estimate of drug-likeness (QED) is 0.752. The maximum absolute atomic E-state index is 12.8. The summed E-state index contributed by atoms with van der Waals surface area (Å²) in [5.41, 5.74) is 3.46. The van der Waals surface area contributed by atoms with Gasteiger partial charge in [-0.05, 0) is 38.1 Å². The summed E-state index contributed by atoms with van der Waals surface area (Å²) in [7, 11) is -1.46. The molecule has 0 amide bonds. The molecule has 2 aromatic rings. The van der Waals surface area contributed by atoms with Crippen LogP contribution in [-0.2, 0) is 23.6 Å². The first-order chi connectivity index (χ1) is 11.8. The first-order valence-electron chi connectivity index (χ1n) is 8.26. The van der Waals surface area contributed by atoms with Gasteiger partial charge in [0, 0.05) is 55.5 Å². The van der Waals surface area contributed by atoms with Gasteiger partial charge in [-0.15, -0.1) is 0 Å². The van der Waals surface area contributed by atoms with Gasteiger partial charge in [0.2, 0.25) is 10.0 Å². The van der Waals surface area contributed by atoms with Crippen molar-refractivity contribution in [2.24, 2.45) is 7.05 Å². The minimum absolute atomic E-state index is 0.350. The molecule has 2 heterocycles. The lowest BCUT2D eigenvalue weighted by molar-refractivity contribution is 0.181. The summed E-state index contributed by atoms with van der Waals surface area (Å²) in [6.45, 7) is 7.39. The van der Waals surface area contributed by atoms with Crippen molar-refractivity contribution in [3.05, 3.63) is 45.7 Å². The van der Waals surface area contributed by atoms with E-state index in [-0.39, 0.29) is 0 Å². The highest BCUT2D eigenvalue weighted by atomic mass is 79.9. The third-order valence-corrected chi connectivity index (χ3v) is 7.26. The average Bonchev–Trinajstić information content (AvgIpc) is 2.82. The van der Waals surface area contributed by atoms with Crippen molar-refractivity contribution in [2.75, 3.05) is 26.2 Å². The largest absolute Gasteiger partial charge is 0.296 e. The zero-order valence-electron chi connectivity index (χ0n) is 14.7. The first-order valence-corrected chi connectivity index (χ1v) is 10.5. The number of halogens is 1. The van der Waals surface area contributed by atoms with Crippen LogP contribution >= 0.6 is 15.9 Å². The Morgan fingerprint density at radius 2 is 1.68 bits per heavy atom. The Morgan fingerprint density at radius 1 is 1.08 bits per heavy atom. The minimum atomic E-state index is -3.42. The summed E-state index contributed by atoms with van der Waals surface area (Å²) in [5.74, 6) is 0. The summed E-state index contributed by atoms with van der Waals surface area (Å²) in [6.07, 6.45) is 0. The molecule has 1 saturated heterocycles. The number of hydrogen-bond acceptors (Lipinski definition) is 4. The van der Waals surface area contributed by atoms with Crippen molar-refractivity contribution in [1.82, 2.24) is 19.0 Å². The molecule has 25 heavy (non-hydrogen) atoms. The number of piperazine rings is 1. The van der Waals surface area contributed by atoms with Crippen LogP contribution in [0.4, 0.5) is 0 Å². The Morgan fingerprint density at radius 3 is 2.20 bits per heavy atom. The summed E-state index contributed by atoms with van der Waals surface area (Å²) in [4.78, 5) is 2.65. The van der Waals surface area contributed by atoms with E-state index in [2.05, 4.69) is 32.9 Å². The SMILES string of the molecule is Cc1nn(C)c(C)c1CN1CCN(S(=O)(=O)c2ccc(Br)cc2)CC1. The minimum Gasteiger partial charge on any atom is -0.296 e. The Bertz CT molecular complexity index is 854. The summed E-state index contributed by atoms with van der Waals surface area (Å²) in [5, 5.41) is 4.46. The van der Waals surface area contributed by atoms with Gasteiger partial charge in [-0.1, -0.05) is 15.9 Å². The van der Waals surface area contributed by atoms with Crippen LogP contribution < -0.4 is 0 Å². The first kappa shape index (κ1) is 18.6. The van der Waals surface area contributed by atoms with E-state index < -0.39 is 10.0 Å². The average molecular weight is 427 g/mol. The summed E-state index contributed by atoms with van der Waals surface area (Å²) >= 11 is 3.34. The third kappa shape index (κ3) is 3.81. The van der Waals surface area contributed by atoms with Gasteiger partial charge in [0.25, 0.3) is 0 Å². The molecule has 1 aliphatic heterocycles. The molecule has 0 radical (unpaired) electrons. The Hall–Kier alpha value is -1.22. The van der Waals surface area contributed by atoms with Gasteiger partial charge < -0.3 is 0 Å². The molecule has 8 heteroatoms. The second-order valence-electron chi connectivity index (χ2n) is 6.41. The van der Waals surface area contributed by atoms with Gasteiger partial charge in [-0.25, -0.2) is 8.42 Å². The molecule has 0 aliphatic carbocycles. The van der Waals surface area contributed by atoms with E-state index in [1.807, 2.05) is 18.7 Å². The molecule has 1 fully saturated rings.